The first kappa shape index (κ1) is 16.5. The molecule has 0 radical (unpaired) electrons. The predicted molar refractivity (Wildman–Crippen MR) is 82.0 cm³/mol. The summed E-state index contributed by atoms with van der Waals surface area (Å²) >= 11 is 0. The smallest absolute Gasteiger partial charge is 0.338 e. The van der Waals surface area contributed by atoms with Gasteiger partial charge in [0.25, 0.3) is 5.91 Å². The normalized spacial score (nSPS) is 11.3. The number of carbonyl (C=O) groups excluding carboxylic acids is 1. The third kappa shape index (κ3) is 3.77. The number of halogens is 3. The van der Waals surface area contributed by atoms with Crippen LogP contribution >= 0.6 is 0 Å². The zero-order valence-electron chi connectivity index (χ0n) is 12.4. The van der Waals surface area contributed by atoms with Crippen LogP contribution in [0.3, 0.4) is 0 Å². The van der Waals surface area contributed by atoms with E-state index in [2.05, 4.69) is 15.5 Å². The van der Waals surface area contributed by atoms with E-state index in [0.29, 0.717) is 5.56 Å². The quantitative estimate of drug-likeness (QED) is 0.759. The second kappa shape index (κ2) is 6.27. The third-order valence-corrected chi connectivity index (χ3v) is 3.29. The van der Waals surface area contributed by atoms with Gasteiger partial charge in [-0.25, -0.2) is 0 Å². The molecule has 2 heterocycles. The summed E-state index contributed by atoms with van der Waals surface area (Å²) in [5.74, 6) is -0.582. The van der Waals surface area contributed by atoms with Crippen molar-refractivity contribution in [3.8, 4) is 11.3 Å². The van der Waals surface area contributed by atoms with Crippen molar-refractivity contribution in [2.24, 2.45) is 0 Å². The predicted octanol–water partition coefficient (Wildman–Crippen LogP) is 3.30. The van der Waals surface area contributed by atoms with Crippen LogP contribution in [-0.4, -0.2) is 16.0 Å². The molecule has 0 aliphatic heterocycles. The lowest BCUT2D eigenvalue weighted by Gasteiger charge is -2.06. The van der Waals surface area contributed by atoms with Gasteiger partial charge in [0.15, 0.2) is 0 Å². The van der Waals surface area contributed by atoms with E-state index >= 15 is 0 Å². The summed E-state index contributed by atoms with van der Waals surface area (Å²) in [7, 11) is 0. The first-order valence-corrected chi connectivity index (χ1v) is 6.97. The van der Waals surface area contributed by atoms with Crippen LogP contribution in [0.2, 0.25) is 0 Å². The Morgan fingerprint density at radius 2 is 1.84 bits per heavy atom. The number of nitrogens with one attached hydrogen (secondary N) is 2. The number of rotatable bonds is 3. The van der Waals surface area contributed by atoms with Crippen LogP contribution in [0.1, 0.15) is 15.9 Å². The Bertz CT molecular complexity index is 959. The van der Waals surface area contributed by atoms with E-state index in [9.17, 15) is 22.8 Å². The number of hydrogen-bond donors (Lipinski definition) is 2. The summed E-state index contributed by atoms with van der Waals surface area (Å²) in [5, 5.41) is 6.11. The number of alkyl halides is 3. The number of nitrogens with zero attached hydrogens (tertiary/aromatic N) is 1. The van der Waals surface area contributed by atoms with Gasteiger partial charge >= 0.3 is 6.18 Å². The van der Waals surface area contributed by atoms with Crippen LogP contribution in [0.15, 0.2) is 58.0 Å². The molecule has 6 nitrogen and oxygen atoms in total. The second-order valence-electron chi connectivity index (χ2n) is 5.05. The Morgan fingerprint density at radius 3 is 2.48 bits per heavy atom. The lowest BCUT2D eigenvalue weighted by molar-refractivity contribution is -0.137. The fourth-order valence-corrected chi connectivity index (χ4v) is 2.07. The van der Waals surface area contributed by atoms with Gasteiger partial charge in [-0.05, 0) is 18.2 Å². The summed E-state index contributed by atoms with van der Waals surface area (Å²) in [6.45, 7) is 0. The molecule has 0 aliphatic rings. The Balaban J connectivity index is 1.76. The standard InChI is InChI=1S/C16H10F3N3O3/c17-16(18,19)11-3-1-9(2-4-11)12-8-14(25-22-12)21-15(24)10-5-6-20-13(23)7-10/h1-8H,(H,20,23)(H,21,24). The molecule has 0 saturated heterocycles. The largest absolute Gasteiger partial charge is 0.416 e. The van der Waals surface area contributed by atoms with Crippen LogP contribution in [0.4, 0.5) is 19.1 Å². The lowest BCUT2D eigenvalue weighted by atomic mass is 10.1. The topological polar surface area (TPSA) is 88.0 Å². The highest BCUT2D eigenvalue weighted by molar-refractivity contribution is 6.03. The zero-order chi connectivity index (χ0) is 18.0. The minimum absolute atomic E-state index is 0.000166. The van der Waals surface area contributed by atoms with Crippen molar-refractivity contribution in [3.63, 3.8) is 0 Å². The molecule has 2 N–H and O–H groups in total. The number of H-pyrrole nitrogens is 1. The zero-order valence-corrected chi connectivity index (χ0v) is 12.4. The van der Waals surface area contributed by atoms with E-state index in [1.165, 1.54) is 30.5 Å². The van der Waals surface area contributed by atoms with Crippen molar-refractivity contribution < 1.29 is 22.5 Å². The SMILES string of the molecule is O=C(Nc1cc(-c2ccc(C(F)(F)F)cc2)no1)c1cc[nH]c(=O)c1. The number of amides is 1. The van der Waals surface area contributed by atoms with Crippen LogP contribution in [0.25, 0.3) is 11.3 Å². The average Bonchev–Trinajstić information content (AvgIpc) is 3.02. The van der Waals surface area contributed by atoms with Crippen molar-refractivity contribution in [1.82, 2.24) is 10.1 Å². The number of pyridine rings is 1. The van der Waals surface area contributed by atoms with Gasteiger partial charge < -0.3 is 9.51 Å². The summed E-state index contributed by atoms with van der Waals surface area (Å²) in [6, 6.07) is 8.25. The van der Waals surface area contributed by atoms with Gasteiger partial charge in [-0.1, -0.05) is 17.3 Å². The van der Waals surface area contributed by atoms with E-state index in [0.717, 1.165) is 18.2 Å². The monoisotopic (exact) mass is 349 g/mol. The van der Waals surface area contributed by atoms with Crippen molar-refractivity contribution in [2.75, 3.05) is 5.32 Å². The molecule has 25 heavy (non-hydrogen) atoms. The molecular formula is C16H10F3N3O3. The minimum atomic E-state index is -4.42. The Morgan fingerprint density at radius 1 is 1.12 bits per heavy atom. The highest BCUT2D eigenvalue weighted by Gasteiger charge is 2.30. The molecule has 0 spiro atoms. The maximum atomic E-state index is 12.6. The lowest BCUT2D eigenvalue weighted by Crippen LogP contribution is -2.15. The molecular weight excluding hydrogens is 339 g/mol. The second-order valence-corrected chi connectivity index (χ2v) is 5.05. The molecule has 1 aromatic carbocycles. The van der Waals surface area contributed by atoms with Gasteiger partial charge in [0.2, 0.25) is 11.4 Å². The van der Waals surface area contributed by atoms with Gasteiger partial charge in [-0.2, -0.15) is 13.2 Å². The highest BCUT2D eigenvalue weighted by Crippen LogP contribution is 2.31. The van der Waals surface area contributed by atoms with E-state index in [1.807, 2.05) is 0 Å². The fourth-order valence-electron chi connectivity index (χ4n) is 2.07. The van der Waals surface area contributed by atoms with E-state index in [1.54, 1.807) is 0 Å². The summed E-state index contributed by atoms with van der Waals surface area (Å²) in [5.41, 5.74) is -0.433. The van der Waals surface area contributed by atoms with E-state index in [-0.39, 0.29) is 17.1 Å². The molecule has 0 bridgehead atoms. The molecule has 128 valence electrons. The molecule has 9 heteroatoms. The Kier molecular flexibility index (Phi) is 4.14. The molecule has 0 fully saturated rings. The number of aromatic amines is 1. The molecule has 0 aliphatic carbocycles. The van der Waals surface area contributed by atoms with Crippen LogP contribution in [0.5, 0.6) is 0 Å². The fraction of sp³-hybridized carbons (Fsp3) is 0.0625. The molecule has 0 atom stereocenters. The first-order chi connectivity index (χ1) is 11.8. The van der Waals surface area contributed by atoms with E-state index < -0.39 is 23.2 Å². The molecule has 3 aromatic rings. The Labute approximate surface area is 138 Å². The van der Waals surface area contributed by atoms with Crippen molar-refractivity contribution in [2.45, 2.75) is 6.18 Å². The van der Waals surface area contributed by atoms with Gasteiger partial charge in [0, 0.05) is 29.5 Å². The van der Waals surface area contributed by atoms with Crippen LogP contribution < -0.4 is 10.9 Å². The van der Waals surface area contributed by atoms with Crippen LogP contribution in [-0.2, 0) is 6.18 Å². The van der Waals surface area contributed by atoms with E-state index in [4.69, 9.17) is 4.52 Å². The van der Waals surface area contributed by atoms with Gasteiger partial charge in [-0.15, -0.1) is 0 Å². The van der Waals surface area contributed by atoms with Gasteiger partial charge in [0.1, 0.15) is 5.69 Å². The van der Waals surface area contributed by atoms with Crippen molar-refractivity contribution >= 4 is 11.8 Å². The number of aromatic nitrogens is 2. The van der Waals surface area contributed by atoms with Crippen molar-refractivity contribution in [1.29, 1.82) is 0 Å². The first-order valence-electron chi connectivity index (χ1n) is 6.97. The Hall–Kier alpha value is -3.36. The summed E-state index contributed by atoms with van der Waals surface area (Å²) in [6.07, 6.45) is -3.10. The van der Waals surface area contributed by atoms with Gasteiger partial charge in [-0.3, -0.25) is 14.9 Å². The minimum Gasteiger partial charge on any atom is -0.338 e. The third-order valence-electron chi connectivity index (χ3n) is 3.29. The molecule has 1 amide bonds. The molecule has 0 saturated carbocycles. The number of carbonyl (C=O) groups is 1. The van der Waals surface area contributed by atoms with Crippen LogP contribution in [0, 0.1) is 0 Å². The van der Waals surface area contributed by atoms with Gasteiger partial charge in [0.05, 0.1) is 5.56 Å². The van der Waals surface area contributed by atoms with Crippen molar-refractivity contribution in [3.05, 3.63) is 70.1 Å². The number of hydrogen-bond acceptors (Lipinski definition) is 4. The molecule has 0 unspecified atom stereocenters. The summed E-state index contributed by atoms with van der Waals surface area (Å²) < 4.78 is 42.6. The maximum Gasteiger partial charge on any atom is 0.416 e. The molecule has 2 aromatic heterocycles. The molecule has 3 rings (SSSR count). The number of anilines is 1. The highest BCUT2D eigenvalue weighted by atomic mass is 19.4. The average molecular weight is 349 g/mol. The summed E-state index contributed by atoms with van der Waals surface area (Å²) in [4.78, 5) is 25.6. The number of benzene rings is 1. The maximum absolute atomic E-state index is 12.6.